The molecule has 0 aliphatic rings. The largest absolute Gasteiger partial charge is 0.314 e. The zero-order chi connectivity index (χ0) is 10.6. The van der Waals surface area contributed by atoms with E-state index in [9.17, 15) is 0 Å². The van der Waals surface area contributed by atoms with Gasteiger partial charge in [0.1, 0.15) is 5.82 Å². The molecule has 0 spiro atoms. The number of hydrogen-bond acceptors (Lipinski definition) is 3. The van der Waals surface area contributed by atoms with Gasteiger partial charge in [-0.05, 0) is 33.4 Å². The molecule has 1 N–H and O–H groups in total. The maximum Gasteiger partial charge on any atom is 0.125 e. The molecule has 0 aromatic carbocycles. The van der Waals surface area contributed by atoms with Gasteiger partial charge in [-0.3, -0.25) is 0 Å². The topological polar surface area (TPSA) is 37.8 Å². The highest BCUT2D eigenvalue weighted by Gasteiger charge is 2.04. The molecular weight excluding hydrogens is 174 g/mol. The smallest absolute Gasteiger partial charge is 0.125 e. The zero-order valence-corrected chi connectivity index (χ0v) is 9.46. The van der Waals surface area contributed by atoms with Gasteiger partial charge in [-0.15, -0.1) is 0 Å². The van der Waals surface area contributed by atoms with Crippen LogP contribution in [0.3, 0.4) is 0 Å². The lowest BCUT2D eigenvalue weighted by Gasteiger charge is -2.11. The van der Waals surface area contributed by atoms with E-state index in [2.05, 4.69) is 35.2 Å². The van der Waals surface area contributed by atoms with Crippen LogP contribution >= 0.6 is 0 Å². The van der Waals surface area contributed by atoms with Crippen molar-refractivity contribution in [1.82, 2.24) is 15.3 Å². The summed E-state index contributed by atoms with van der Waals surface area (Å²) in [5, 5.41) is 3.37. The van der Waals surface area contributed by atoms with Crippen LogP contribution in [0.25, 0.3) is 0 Å². The van der Waals surface area contributed by atoms with Gasteiger partial charge in [0.25, 0.3) is 0 Å². The highest BCUT2D eigenvalue weighted by molar-refractivity contribution is 5.10. The predicted molar refractivity (Wildman–Crippen MR) is 58.3 cm³/mol. The van der Waals surface area contributed by atoms with E-state index >= 15 is 0 Å². The van der Waals surface area contributed by atoms with Gasteiger partial charge in [-0.25, -0.2) is 9.97 Å². The van der Waals surface area contributed by atoms with Crippen molar-refractivity contribution in [2.24, 2.45) is 0 Å². The molecule has 1 atom stereocenters. The van der Waals surface area contributed by atoms with Crippen molar-refractivity contribution in [2.45, 2.75) is 40.2 Å². The summed E-state index contributed by atoms with van der Waals surface area (Å²) in [4.78, 5) is 8.66. The molecule has 0 aliphatic heterocycles. The Balaban J connectivity index is 2.66. The Morgan fingerprint density at radius 1 is 1.36 bits per heavy atom. The molecule has 1 heterocycles. The van der Waals surface area contributed by atoms with Crippen molar-refractivity contribution in [3.05, 3.63) is 23.3 Å². The minimum atomic E-state index is 0.480. The Morgan fingerprint density at radius 2 is 2.07 bits per heavy atom. The van der Waals surface area contributed by atoms with Crippen LogP contribution in [0.4, 0.5) is 0 Å². The molecule has 78 valence electrons. The van der Waals surface area contributed by atoms with Crippen LogP contribution in [0.5, 0.6) is 0 Å². The highest BCUT2D eigenvalue weighted by atomic mass is 14.9. The fourth-order valence-corrected chi connectivity index (χ4v) is 1.63. The van der Waals surface area contributed by atoms with Gasteiger partial charge >= 0.3 is 0 Å². The second-order valence-electron chi connectivity index (χ2n) is 3.71. The van der Waals surface area contributed by atoms with Crippen molar-refractivity contribution >= 4 is 0 Å². The molecule has 1 aromatic heterocycles. The second-order valence-corrected chi connectivity index (χ2v) is 3.71. The van der Waals surface area contributed by atoms with E-state index < -0.39 is 0 Å². The van der Waals surface area contributed by atoms with Gasteiger partial charge in [-0.2, -0.15) is 0 Å². The van der Waals surface area contributed by atoms with Crippen LogP contribution in [-0.2, 0) is 6.42 Å². The predicted octanol–water partition coefficient (Wildman–Crippen LogP) is 1.63. The lowest BCUT2D eigenvalue weighted by Crippen LogP contribution is -2.28. The Bertz CT molecular complexity index is 276. The molecule has 0 aliphatic carbocycles. The monoisotopic (exact) mass is 193 g/mol. The van der Waals surface area contributed by atoms with Crippen molar-refractivity contribution < 1.29 is 0 Å². The first-order valence-electron chi connectivity index (χ1n) is 5.16. The van der Waals surface area contributed by atoms with E-state index in [-0.39, 0.29) is 0 Å². The first-order chi connectivity index (χ1) is 6.61. The fraction of sp³-hybridized carbons (Fsp3) is 0.636. The molecule has 1 unspecified atom stereocenters. The first kappa shape index (κ1) is 11.1. The number of aryl methyl sites for hydroxylation is 2. The summed E-state index contributed by atoms with van der Waals surface area (Å²) in [5.41, 5.74) is 2.18. The van der Waals surface area contributed by atoms with E-state index in [1.165, 1.54) is 0 Å². The number of nitrogens with zero attached hydrogens (tertiary/aromatic N) is 2. The molecule has 0 bridgehead atoms. The van der Waals surface area contributed by atoms with E-state index in [1.807, 2.05) is 13.8 Å². The summed E-state index contributed by atoms with van der Waals surface area (Å²) in [6.45, 7) is 9.25. The normalized spacial score (nSPS) is 12.9. The number of nitrogens with one attached hydrogen (secondary N) is 1. The lowest BCUT2D eigenvalue weighted by atomic mass is 10.1. The van der Waals surface area contributed by atoms with Gasteiger partial charge in [0.05, 0.1) is 0 Å². The number of hydrogen-bond donors (Lipinski definition) is 1. The van der Waals surface area contributed by atoms with Gasteiger partial charge in [0.2, 0.25) is 0 Å². The molecule has 0 saturated heterocycles. The summed E-state index contributed by atoms with van der Waals surface area (Å²) < 4.78 is 0. The third-order valence-corrected chi connectivity index (χ3v) is 2.09. The van der Waals surface area contributed by atoms with E-state index in [0.29, 0.717) is 6.04 Å². The van der Waals surface area contributed by atoms with Crippen LogP contribution in [0.2, 0.25) is 0 Å². The number of likely N-dealkylation sites (N-methyl/N-ethyl adjacent to an activating group) is 1. The summed E-state index contributed by atoms with van der Waals surface area (Å²) in [6.07, 6.45) is 0.970. The molecule has 0 amide bonds. The summed E-state index contributed by atoms with van der Waals surface area (Å²) in [7, 11) is 0. The Morgan fingerprint density at radius 3 is 2.64 bits per heavy atom. The van der Waals surface area contributed by atoms with E-state index in [4.69, 9.17) is 0 Å². The summed E-state index contributed by atoms with van der Waals surface area (Å²) in [5.74, 6) is 0.865. The minimum absolute atomic E-state index is 0.480. The zero-order valence-electron chi connectivity index (χ0n) is 9.46. The third-order valence-electron chi connectivity index (χ3n) is 2.09. The average molecular weight is 193 g/mol. The fourth-order valence-electron chi connectivity index (χ4n) is 1.63. The highest BCUT2D eigenvalue weighted by Crippen LogP contribution is 2.03. The third kappa shape index (κ3) is 3.42. The van der Waals surface area contributed by atoms with Crippen molar-refractivity contribution in [2.75, 3.05) is 6.54 Å². The Labute approximate surface area is 86.0 Å². The van der Waals surface area contributed by atoms with Crippen LogP contribution in [0.1, 0.15) is 31.1 Å². The molecule has 0 fully saturated rings. The first-order valence-corrected chi connectivity index (χ1v) is 5.16. The van der Waals surface area contributed by atoms with E-state index in [1.54, 1.807) is 0 Å². The Kier molecular flexibility index (Phi) is 4.01. The molecule has 3 heteroatoms. The lowest BCUT2D eigenvalue weighted by molar-refractivity contribution is 0.558. The molecule has 14 heavy (non-hydrogen) atoms. The molecular formula is C11H19N3. The van der Waals surface area contributed by atoms with Crippen LogP contribution < -0.4 is 5.32 Å². The maximum absolute atomic E-state index is 4.41. The molecule has 0 radical (unpaired) electrons. The van der Waals surface area contributed by atoms with Crippen molar-refractivity contribution in [3.8, 4) is 0 Å². The molecule has 1 rings (SSSR count). The average Bonchev–Trinajstić information content (AvgIpc) is 2.01. The summed E-state index contributed by atoms with van der Waals surface area (Å²) in [6, 6.07) is 2.54. The number of rotatable bonds is 4. The number of aromatic nitrogens is 2. The van der Waals surface area contributed by atoms with Crippen molar-refractivity contribution in [1.29, 1.82) is 0 Å². The quantitative estimate of drug-likeness (QED) is 0.790. The molecule has 0 saturated carbocycles. The van der Waals surface area contributed by atoms with Gasteiger partial charge in [0.15, 0.2) is 0 Å². The van der Waals surface area contributed by atoms with Crippen LogP contribution in [0, 0.1) is 13.8 Å². The van der Waals surface area contributed by atoms with E-state index in [0.717, 1.165) is 30.2 Å². The second kappa shape index (κ2) is 5.05. The van der Waals surface area contributed by atoms with Gasteiger partial charge in [0, 0.05) is 23.9 Å². The molecule has 1 aromatic rings. The SMILES string of the molecule is CCNC(C)Cc1cc(C)nc(C)n1. The van der Waals surface area contributed by atoms with Crippen molar-refractivity contribution in [3.63, 3.8) is 0 Å². The molecule has 3 nitrogen and oxygen atoms in total. The van der Waals surface area contributed by atoms with Gasteiger partial charge in [-0.1, -0.05) is 6.92 Å². The van der Waals surface area contributed by atoms with Crippen LogP contribution in [0.15, 0.2) is 6.07 Å². The van der Waals surface area contributed by atoms with Crippen LogP contribution in [-0.4, -0.2) is 22.6 Å². The Hall–Kier alpha value is -0.960. The standard InChI is InChI=1S/C11H19N3/c1-5-12-8(2)6-11-7-9(3)13-10(4)14-11/h7-8,12H,5-6H2,1-4H3. The summed E-state index contributed by atoms with van der Waals surface area (Å²) >= 11 is 0. The van der Waals surface area contributed by atoms with Gasteiger partial charge < -0.3 is 5.32 Å². The minimum Gasteiger partial charge on any atom is -0.314 e. The maximum atomic E-state index is 4.41.